The van der Waals surface area contributed by atoms with Crippen molar-refractivity contribution in [3.05, 3.63) is 41.9 Å². The summed E-state index contributed by atoms with van der Waals surface area (Å²) in [5, 5.41) is 2.66. The molecule has 0 bridgehead atoms. The Bertz CT molecular complexity index is 968. The minimum atomic E-state index is -3.06. The van der Waals surface area contributed by atoms with Gasteiger partial charge in [0.2, 0.25) is 11.8 Å². The minimum Gasteiger partial charge on any atom is -0.441 e. The van der Waals surface area contributed by atoms with Crippen molar-refractivity contribution in [2.24, 2.45) is 0 Å². The molecule has 1 aromatic carbocycles. The summed E-state index contributed by atoms with van der Waals surface area (Å²) in [4.78, 5) is 30.3. The summed E-state index contributed by atoms with van der Waals surface area (Å²) in [6, 6.07) is 7.16. The number of amides is 2. The average molecular weight is 420 g/mol. The van der Waals surface area contributed by atoms with E-state index in [4.69, 9.17) is 4.42 Å². The van der Waals surface area contributed by atoms with Gasteiger partial charge in [0.05, 0.1) is 17.7 Å². The van der Waals surface area contributed by atoms with Crippen LogP contribution in [-0.2, 0) is 25.8 Å². The van der Waals surface area contributed by atoms with Crippen molar-refractivity contribution in [1.29, 1.82) is 0 Å². The van der Waals surface area contributed by atoms with Gasteiger partial charge in [0.1, 0.15) is 6.04 Å². The Kier molecular flexibility index (Phi) is 6.36. The number of carbonyl (C=O) groups is 2. The summed E-state index contributed by atoms with van der Waals surface area (Å²) in [6.45, 7) is 3.94. The minimum absolute atomic E-state index is 0.0348. The molecule has 0 aliphatic carbocycles. The number of hydrogen-bond acceptors (Lipinski definition) is 6. The van der Waals surface area contributed by atoms with Gasteiger partial charge in [-0.15, -0.1) is 0 Å². The smallest absolute Gasteiger partial charge is 0.244 e. The predicted molar refractivity (Wildman–Crippen MR) is 108 cm³/mol. The third kappa shape index (κ3) is 5.66. The number of aryl methyl sites for hydroxylation is 2. The topological polar surface area (TPSA) is 110 Å². The fraction of sp³-hybridized carbons (Fsp3) is 0.450. The Morgan fingerprint density at radius 2 is 1.86 bits per heavy atom. The van der Waals surface area contributed by atoms with Crippen LogP contribution in [0.25, 0.3) is 11.3 Å². The van der Waals surface area contributed by atoms with Crippen LogP contribution >= 0.6 is 0 Å². The summed E-state index contributed by atoms with van der Waals surface area (Å²) >= 11 is 0. The van der Waals surface area contributed by atoms with E-state index in [1.54, 1.807) is 13.1 Å². The number of aromatic nitrogens is 1. The van der Waals surface area contributed by atoms with E-state index in [0.29, 0.717) is 18.1 Å². The summed E-state index contributed by atoms with van der Waals surface area (Å²) in [5.74, 6) is 0.469. The first-order chi connectivity index (χ1) is 13.7. The Morgan fingerprint density at radius 1 is 1.21 bits per heavy atom. The second-order valence-corrected chi connectivity index (χ2v) is 9.55. The van der Waals surface area contributed by atoms with Crippen LogP contribution in [0.4, 0.5) is 0 Å². The summed E-state index contributed by atoms with van der Waals surface area (Å²) in [6.07, 6.45) is 2.09. The molecule has 1 fully saturated rings. The zero-order valence-corrected chi connectivity index (χ0v) is 17.4. The van der Waals surface area contributed by atoms with Gasteiger partial charge in [-0.25, -0.2) is 13.4 Å². The second kappa shape index (κ2) is 8.77. The molecule has 8 nitrogen and oxygen atoms in total. The second-order valence-electron chi connectivity index (χ2n) is 7.25. The van der Waals surface area contributed by atoms with Crippen molar-refractivity contribution in [2.45, 2.75) is 32.7 Å². The number of nitrogens with one attached hydrogen (secondary N) is 1. The number of rotatable bonds is 6. The molecule has 2 heterocycles. The number of oxazole rings is 1. The lowest BCUT2D eigenvalue weighted by Crippen LogP contribution is -2.51. The van der Waals surface area contributed by atoms with Crippen LogP contribution in [0.1, 0.15) is 24.8 Å². The van der Waals surface area contributed by atoms with Gasteiger partial charge in [0.15, 0.2) is 21.5 Å². The first-order valence-electron chi connectivity index (χ1n) is 9.54. The third-order valence-electron chi connectivity index (χ3n) is 4.86. The molecule has 0 spiro atoms. The normalized spacial score (nSPS) is 17.0. The lowest BCUT2D eigenvalue weighted by molar-refractivity contribution is -0.135. The largest absolute Gasteiger partial charge is 0.441 e. The van der Waals surface area contributed by atoms with E-state index in [0.717, 1.165) is 11.1 Å². The maximum Gasteiger partial charge on any atom is 0.244 e. The fourth-order valence-electron chi connectivity index (χ4n) is 3.08. The van der Waals surface area contributed by atoms with Crippen LogP contribution in [-0.4, -0.2) is 60.8 Å². The van der Waals surface area contributed by atoms with E-state index in [2.05, 4.69) is 10.3 Å². The van der Waals surface area contributed by atoms with Crippen LogP contribution in [0, 0.1) is 6.92 Å². The highest BCUT2D eigenvalue weighted by atomic mass is 32.2. The van der Waals surface area contributed by atoms with E-state index in [1.807, 2.05) is 31.2 Å². The van der Waals surface area contributed by atoms with E-state index >= 15 is 0 Å². The summed E-state index contributed by atoms with van der Waals surface area (Å²) < 4.78 is 28.6. The molecule has 0 saturated carbocycles. The molecule has 1 unspecified atom stereocenters. The maximum atomic E-state index is 12.4. The summed E-state index contributed by atoms with van der Waals surface area (Å²) in [7, 11) is -3.06. The number of nitrogens with zero attached hydrogens (tertiary/aromatic N) is 2. The van der Waals surface area contributed by atoms with E-state index in [-0.39, 0.29) is 42.8 Å². The zero-order chi connectivity index (χ0) is 21.0. The molecular formula is C20H25N3O5S. The van der Waals surface area contributed by atoms with Crippen LogP contribution < -0.4 is 5.32 Å². The van der Waals surface area contributed by atoms with Crippen LogP contribution in [0.5, 0.6) is 0 Å². The van der Waals surface area contributed by atoms with Crippen molar-refractivity contribution in [1.82, 2.24) is 15.2 Å². The van der Waals surface area contributed by atoms with Gasteiger partial charge in [0, 0.05) is 31.5 Å². The Morgan fingerprint density at radius 3 is 2.52 bits per heavy atom. The molecule has 0 radical (unpaired) electrons. The first kappa shape index (κ1) is 21.0. The predicted octanol–water partition coefficient (Wildman–Crippen LogP) is 1.34. The van der Waals surface area contributed by atoms with Gasteiger partial charge >= 0.3 is 0 Å². The Labute approximate surface area is 170 Å². The first-order valence-corrected chi connectivity index (χ1v) is 11.4. The molecule has 2 amide bonds. The number of carbonyl (C=O) groups excluding carboxylic acids is 2. The van der Waals surface area contributed by atoms with Gasteiger partial charge in [-0.05, 0) is 13.8 Å². The van der Waals surface area contributed by atoms with Gasteiger partial charge < -0.3 is 14.6 Å². The highest BCUT2D eigenvalue weighted by Crippen LogP contribution is 2.21. The number of sulfone groups is 1. The fourth-order valence-corrected chi connectivity index (χ4v) is 4.28. The zero-order valence-electron chi connectivity index (χ0n) is 16.6. The molecule has 9 heteroatoms. The SMILES string of the molecule is Cc1ccc(-c2cnc(CCC(=O)NC(C)C(=O)N3CCS(=O)(=O)CC3)o2)cc1. The molecule has 156 valence electrons. The molecule has 29 heavy (non-hydrogen) atoms. The van der Waals surface area contributed by atoms with Crippen molar-refractivity contribution >= 4 is 21.7 Å². The molecule has 1 aliphatic heterocycles. The third-order valence-corrected chi connectivity index (χ3v) is 6.47. The monoisotopic (exact) mass is 419 g/mol. The lowest BCUT2D eigenvalue weighted by Gasteiger charge is -2.29. The molecule has 1 N–H and O–H groups in total. The molecule has 1 saturated heterocycles. The van der Waals surface area contributed by atoms with Crippen LogP contribution in [0.15, 0.2) is 34.9 Å². The highest BCUT2D eigenvalue weighted by Gasteiger charge is 2.28. The maximum absolute atomic E-state index is 12.4. The average Bonchev–Trinajstić information content (AvgIpc) is 3.15. The van der Waals surface area contributed by atoms with Gasteiger partial charge in [-0.1, -0.05) is 29.8 Å². The molecule has 1 aromatic heterocycles. The van der Waals surface area contributed by atoms with E-state index < -0.39 is 15.9 Å². The number of hydrogen-bond donors (Lipinski definition) is 1. The summed E-state index contributed by atoms with van der Waals surface area (Å²) in [5.41, 5.74) is 2.07. The highest BCUT2D eigenvalue weighted by molar-refractivity contribution is 7.91. The van der Waals surface area contributed by atoms with E-state index in [1.165, 1.54) is 4.90 Å². The van der Waals surface area contributed by atoms with E-state index in [9.17, 15) is 18.0 Å². The molecule has 3 rings (SSSR count). The standard InChI is InChI=1S/C20H25N3O5S/c1-14-3-5-16(6-4-14)17-13-21-19(28-17)8-7-18(24)22-15(2)20(25)23-9-11-29(26,27)12-10-23/h3-6,13,15H,7-12H2,1-2H3,(H,22,24). The van der Waals surface area contributed by atoms with Gasteiger partial charge in [-0.2, -0.15) is 0 Å². The van der Waals surface area contributed by atoms with Crippen molar-refractivity contribution in [3.8, 4) is 11.3 Å². The lowest BCUT2D eigenvalue weighted by atomic mass is 10.1. The molecule has 2 aromatic rings. The molecule has 1 atom stereocenters. The van der Waals surface area contributed by atoms with Gasteiger partial charge in [-0.3, -0.25) is 9.59 Å². The van der Waals surface area contributed by atoms with Crippen LogP contribution in [0.2, 0.25) is 0 Å². The van der Waals surface area contributed by atoms with Crippen molar-refractivity contribution < 1.29 is 22.4 Å². The Balaban J connectivity index is 1.47. The number of benzene rings is 1. The van der Waals surface area contributed by atoms with Gasteiger partial charge in [0.25, 0.3) is 0 Å². The quantitative estimate of drug-likeness (QED) is 0.757. The van der Waals surface area contributed by atoms with Crippen LogP contribution in [0.3, 0.4) is 0 Å². The van der Waals surface area contributed by atoms with Crippen molar-refractivity contribution in [3.63, 3.8) is 0 Å². The molecule has 1 aliphatic rings. The van der Waals surface area contributed by atoms with Crippen molar-refractivity contribution in [2.75, 3.05) is 24.6 Å². The Hall–Kier alpha value is -2.68. The molecular weight excluding hydrogens is 394 g/mol.